The zero-order valence-corrected chi connectivity index (χ0v) is 14.4. The van der Waals surface area contributed by atoms with Crippen LogP contribution < -0.4 is 5.32 Å². The lowest BCUT2D eigenvalue weighted by atomic mass is 10.1. The Labute approximate surface area is 140 Å². The maximum atomic E-state index is 13.1. The van der Waals surface area contributed by atoms with E-state index in [1.165, 1.54) is 41.8 Å². The maximum Gasteiger partial charge on any atom is 0.265 e. The number of nitrogens with one attached hydrogen (secondary N) is 1. The number of hydrogen-bond acceptors (Lipinski definition) is 2. The average Bonchev–Trinajstić information content (AvgIpc) is 2.73. The van der Waals surface area contributed by atoms with Gasteiger partial charge in [0.05, 0.1) is 10.6 Å². The highest BCUT2D eigenvalue weighted by atomic mass is 127. The van der Waals surface area contributed by atoms with Crippen molar-refractivity contribution in [2.24, 2.45) is 0 Å². The Kier molecular flexibility index (Phi) is 4.59. The fourth-order valence-electron chi connectivity index (χ4n) is 2.55. The number of anilines is 1. The summed E-state index contributed by atoms with van der Waals surface area (Å²) in [5.41, 5.74) is 1.99. The molecule has 0 saturated carbocycles. The third-order valence-corrected chi connectivity index (χ3v) is 5.78. The molecule has 110 valence electrons. The molecule has 2 nitrogen and oxygen atoms in total. The van der Waals surface area contributed by atoms with Crippen LogP contribution >= 0.6 is 33.9 Å². The molecule has 1 aromatic carbocycles. The SMILES string of the molecule is O=C(Nc1ccc(F)cc1I)c1cc2c(s1)CCCCC2. The van der Waals surface area contributed by atoms with Crippen molar-refractivity contribution in [1.82, 2.24) is 0 Å². The standard InChI is InChI=1S/C16H15FINOS/c17-11-6-7-13(12(18)9-11)19-16(20)15-8-10-4-2-1-3-5-14(10)21-15/h6-9H,1-5H2,(H,19,20). The summed E-state index contributed by atoms with van der Waals surface area (Å²) in [5, 5.41) is 2.88. The van der Waals surface area contributed by atoms with Crippen molar-refractivity contribution in [3.8, 4) is 0 Å². The molecule has 0 radical (unpaired) electrons. The fourth-order valence-corrected chi connectivity index (χ4v) is 4.32. The number of hydrogen-bond donors (Lipinski definition) is 1. The van der Waals surface area contributed by atoms with Gasteiger partial charge >= 0.3 is 0 Å². The topological polar surface area (TPSA) is 29.1 Å². The fraction of sp³-hybridized carbons (Fsp3) is 0.312. The molecule has 1 aliphatic carbocycles. The summed E-state index contributed by atoms with van der Waals surface area (Å²) < 4.78 is 13.8. The van der Waals surface area contributed by atoms with Crippen LogP contribution in [-0.4, -0.2) is 5.91 Å². The first kappa shape index (κ1) is 15.0. The van der Waals surface area contributed by atoms with E-state index < -0.39 is 0 Å². The smallest absolute Gasteiger partial charge is 0.265 e. The van der Waals surface area contributed by atoms with Crippen molar-refractivity contribution < 1.29 is 9.18 Å². The van der Waals surface area contributed by atoms with Gasteiger partial charge in [0.1, 0.15) is 5.82 Å². The molecule has 3 rings (SSSR count). The minimum atomic E-state index is -0.291. The first-order valence-corrected chi connectivity index (χ1v) is 8.91. The van der Waals surface area contributed by atoms with Gasteiger partial charge < -0.3 is 5.32 Å². The van der Waals surface area contributed by atoms with E-state index in [-0.39, 0.29) is 11.7 Å². The lowest BCUT2D eigenvalue weighted by Gasteiger charge is -2.06. The van der Waals surface area contributed by atoms with Crippen LogP contribution in [0.2, 0.25) is 0 Å². The minimum Gasteiger partial charge on any atom is -0.320 e. The molecule has 0 spiro atoms. The first-order valence-electron chi connectivity index (χ1n) is 7.01. The number of benzene rings is 1. The molecule has 5 heteroatoms. The van der Waals surface area contributed by atoms with Gasteiger partial charge in [-0.1, -0.05) is 6.42 Å². The van der Waals surface area contributed by atoms with Crippen LogP contribution in [0.4, 0.5) is 10.1 Å². The van der Waals surface area contributed by atoms with Gasteiger partial charge in [-0.05, 0) is 78.1 Å². The van der Waals surface area contributed by atoms with E-state index in [2.05, 4.69) is 5.32 Å². The van der Waals surface area contributed by atoms with Crippen molar-refractivity contribution in [1.29, 1.82) is 0 Å². The van der Waals surface area contributed by atoms with Crippen LogP contribution in [0.15, 0.2) is 24.3 Å². The Morgan fingerprint density at radius 3 is 2.81 bits per heavy atom. The van der Waals surface area contributed by atoms with Gasteiger partial charge in [-0.15, -0.1) is 11.3 Å². The van der Waals surface area contributed by atoms with Gasteiger partial charge in [0.15, 0.2) is 0 Å². The first-order chi connectivity index (χ1) is 10.1. The van der Waals surface area contributed by atoms with Gasteiger partial charge in [0.2, 0.25) is 0 Å². The molecular formula is C16H15FINOS. The van der Waals surface area contributed by atoms with Crippen molar-refractivity contribution in [3.63, 3.8) is 0 Å². The van der Waals surface area contributed by atoms with E-state index in [0.717, 1.165) is 17.7 Å². The second-order valence-corrected chi connectivity index (χ2v) is 7.50. The molecule has 1 aromatic heterocycles. The summed E-state index contributed by atoms with van der Waals surface area (Å²) in [6.07, 6.45) is 5.86. The lowest BCUT2D eigenvalue weighted by Crippen LogP contribution is -2.11. The van der Waals surface area contributed by atoms with Crippen LogP contribution in [0, 0.1) is 9.39 Å². The molecule has 1 amide bonds. The molecule has 1 N–H and O–H groups in total. The summed E-state index contributed by atoms with van der Waals surface area (Å²) in [6.45, 7) is 0. The molecule has 0 unspecified atom stereocenters. The van der Waals surface area contributed by atoms with Crippen LogP contribution in [-0.2, 0) is 12.8 Å². The van der Waals surface area contributed by atoms with Crippen molar-refractivity contribution >= 4 is 45.5 Å². The number of carbonyl (C=O) groups excluding carboxylic acids is 1. The predicted octanol–water partition coefficient (Wildman–Crippen LogP) is 5.01. The summed E-state index contributed by atoms with van der Waals surface area (Å²) >= 11 is 3.63. The van der Waals surface area contributed by atoms with Gasteiger partial charge in [0.25, 0.3) is 5.91 Å². The van der Waals surface area contributed by atoms with Crippen LogP contribution in [0.1, 0.15) is 39.4 Å². The predicted molar refractivity (Wildman–Crippen MR) is 92.6 cm³/mol. The number of fused-ring (bicyclic) bond motifs is 1. The number of halogens is 2. The number of aryl methyl sites for hydroxylation is 2. The third-order valence-electron chi connectivity index (χ3n) is 3.65. The molecule has 2 aromatic rings. The average molecular weight is 415 g/mol. The summed E-state index contributed by atoms with van der Waals surface area (Å²) in [6, 6.07) is 6.41. The molecule has 0 fully saturated rings. The van der Waals surface area contributed by atoms with E-state index >= 15 is 0 Å². The lowest BCUT2D eigenvalue weighted by molar-refractivity contribution is 0.103. The minimum absolute atomic E-state index is 0.0994. The number of carbonyl (C=O) groups is 1. The summed E-state index contributed by atoms with van der Waals surface area (Å²) in [7, 11) is 0. The van der Waals surface area contributed by atoms with E-state index in [0.29, 0.717) is 9.26 Å². The van der Waals surface area contributed by atoms with E-state index in [1.807, 2.05) is 28.7 Å². The highest BCUT2D eigenvalue weighted by Crippen LogP contribution is 2.30. The highest BCUT2D eigenvalue weighted by molar-refractivity contribution is 14.1. The zero-order chi connectivity index (χ0) is 14.8. The molecule has 21 heavy (non-hydrogen) atoms. The normalized spacial score (nSPS) is 14.4. The molecule has 0 saturated heterocycles. The van der Waals surface area contributed by atoms with Crippen LogP contribution in [0.5, 0.6) is 0 Å². The van der Waals surface area contributed by atoms with Crippen molar-refractivity contribution in [2.45, 2.75) is 32.1 Å². The van der Waals surface area contributed by atoms with Gasteiger partial charge in [0, 0.05) is 8.45 Å². The molecule has 1 heterocycles. The molecule has 0 aliphatic heterocycles. The summed E-state index contributed by atoms with van der Waals surface area (Å²) in [4.78, 5) is 14.5. The Balaban J connectivity index is 1.79. The van der Waals surface area contributed by atoms with Crippen molar-refractivity contribution in [2.75, 3.05) is 5.32 Å². The Morgan fingerprint density at radius 2 is 2.00 bits per heavy atom. The Morgan fingerprint density at radius 1 is 1.19 bits per heavy atom. The second kappa shape index (κ2) is 6.44. The Hall–Kier alpha value is -0.950. The summed E-state index contributed by atoms with van der Waals surface area (Å²) in [5.74, 6) is -0.391. The maximum absolute atomic E-state index is 13.1. The molecule has 1 aliphatic rings. The van der Waals surface area contributed by atoms with E-state index in [4.69, 9.17) is 0 Å². The molecule has 0 bridgehead atoms. The van der Waals surface area contributed by atoms with Gasteiger partial charge in [-0.3, -0.25) is 4.79 Å². The number of amides is 1. The van der Waals surface area contributed by atoms with Crippen LogP contribution in [0.3, 0.4) is 0 Å². The quantitative estimate of drug-likeness (QED) is 0.542. The number of rotatable bonds is 2. The van der Waals surface area contributed by atoms with Crippen molar-refractivity contribution in [3.05, 3.63) is 49.0 Å². The van der Waals surface area contributed by atoms with E-state index in [1.54, 1.807) is 17.4 Å². The van der Waals surface area contributed by atoms with Gasteiger partial charge in [-0.2, -0.15) is 0 Å². The molecule has 0 atom stereocenters. The molecular weight excluding hydrogens is 400 g/mol. The zero-order valence-electron chi connectivity index (χ0n) is 11.4. The highest BCUT2D eigenvalue weighted by Gasteiger charge is 2.17. The van der Waals surface area contributed by atoms with Crippen LogP contribution in [0.25, 0.3) is 0 Å². The number of thiophene rings is 1. The Bertz CT molecular complexity index is 659. The third kappa shape index (κ3) is 3.45. The monoisotopic (exact) mass is 415 g/mol. The largest absolute Gasteiger partial charge is 0.320 e. The van der Waals surface area contributed by atoms with E-state index in [9.17, 15) is 9.18 Å². The second-order valence-electron chi connectivity index (χ2n) is 5.20. The van der Waals surface area contributed by atoms with Gasteiger partial charge in [-0.25, -0.2) is 4.39 Å².